The number of carbonyl (C=O) groups excluding carboxylic acids is 1. The van der Waals surface area contributed by atoms with Gasteiger partial charge in [-0.05, 0) is 53.4 Å². The molecule has 126 valence electrons. The number of rotatable bonds is 7. The van der Waals surface area contributed by atoms with Gasteiger partial charge < -0.3 is 15.4 Å². The van der Waals surface area contributed by atoms with E-state index >= 15 is 0 Å². The number of nitriles is 1. The van der Waals surface area contributed by atoms with Gasteiger partial charge in [0.05, 0.1) is 24.2 Å². The van der Waals surface area contributed by atoms with Crippen molar-refractivity contribution in [2.75, 3.05) is 13.7 Å². The zero-order valence-electron chi connectivity index (χ0n) is 14.2. The molecule has 0 spiro atoms. The Kier molecular flexibility index (Phi) is 7.04. The molecule has 0 bridgehead atoms. The summed E-state index contributed by atoms with van der Waals surface area (Å²) in [6, 6.07) is 7.95. The Hall–Kier alpha value is -1.58. The van der Waals surface area contributed by atoms with Gasteiger partial charge >= 0.3 is 0 Å². The van der Waals surface area contributed by atoms with E-state index in [0.29, 0.717) is 0 Å². The summed E-state index contributed by atoms with van der Waals surface area (Å²) in [7, 11) is 1.62. The van der Waals surface area contributed by atoms with Gasteiger partial charge in [0.15, 0.2) is 0 Å². The van der Waals surface area contributed by atoms with E-state index in [1.165, 1.54) is 0 Å². The number of carbonyl (C=O) groups is 1. The van der Waals surface area contributed by atoms with Gasteiger partial charge in [0.2, 0.25) is 5.91 Å². The highest BCUT2D eigenvalue weighted by molar-refractivity contribution is 9.10. The fraction of sp³-hybridized carbons (Fsp3) is 0.529. The van der Waals surface area contributed by atoms with Gasteiger partial charge in [-0.25, -0.2) is 0 Å². The molecule has 0 aliphatic rings. The maximum atomic E-state index is 12.1. The molecule has 0 heterocycles. The van der Waals surface area contributed by atoms with Gasteiger partial charge in [-0.2, -0.15) is 5.26 Å². The minimum Gasteiger partial charge on any atom is -0.496 e. The van der Waals surface area contributed by atoms with Gasteiger partial charge in [-0.3, -0.25) is 4.79 Å². The molecule has 0 aliphatic carbocycles. The van der Waals surface area contributed by atoms with Crippen molar-refractivity contribution < 1.29 is 9.53 Å². The summed E-state index contributed by atoms with van der Waals surface area (Å²) >= 11 is 3.45. The second-order valence-corrected chi connectivity index (χ2v) is 6.87. The predicted molar refractivity (Wildman–Crippen MR) is 94.1 cm³/mol. The number of amides is 1. The van der Waals surface area contributed by atoms with Crippen LogP contribution in [0.3, 0.4) is 0 Å². The lowest BCUT2D eigenvalue weighted by atomic mass is 9.90. The predicted octanol–water partition coefficient (Wildman–Crippen LogP) is 3.16. The summed E-state index contributed by atoms with van der Waals surface area (Å²) in [6.07, 6.45) is 0. The van der Waals surface area contributed by atoms with Crippen LogP contribution in [0.2, 0.25) is 0 Å². The SMILES string of the molecule is COc1ccc([C@@H](C)NCC(=O)N[C@](C)(C#N)C(C)C)cc1Br. The van der Waals surface area contributed by atoms with Crippen molar-refractivity contribution in [2.24, 2.45) is 5.92 Å². The molecule has 0 saturated heterocycles. The summed E-state index contributed by atoms with van der Waals surface area (Å²) in [5.41, 5.74) is 0.183. The van der Waals surface area contributed by atoms with E-state index in [1.54, 1.807) is 14.0 Å². The Morgan fingerprint density at radius 1 is 1.43 bits per heavy atom. The minimum atomic E-state index is -0.856. The number of nitrogens with zero attached hydrogens (tertiary/aromatic N) is 1. The van der Waals surface area contributed by atoms with E-state index in [-0.39, 0.29) is 24.4 Å². The van der Waals surface area contributed by atoms with E-state index in [0.717, 1.165) is 15.8 Å². The molecule has 1 amide bonds. The van der Waals surface area contributed by atoms with Crippen molar-refractivity contribution in [2.45, 2.75) is 39.3 Å². The molecule has 0 saturated carbocycles. The fourth-order valence-corrected chi connectivity index (χ4v) is 2.51. The molecule has 2 N–H and O–H groups in total. The number of hydrogen-bond donors (Lipinski definition) is 2. The second-order valence-electron chi connectivity index (χ2n) is 6.01. The summed E-state index contributed by atoms with van der Waals surface area (Å²) < 4.78 is 6.07. The monoisotopic (exact) mass is 381 g/mol. The number of nitrogens with one attached hydrogen (secondary N) is 2. The van der Waals surface area contributed by atoms with Crippen LogP contribution in [0, 0.1) is 17.2 Å². The third-order valence-electron chi connectivity index (χ3n) is 4.03. The minimum absolute atomic E-state index is 0.00431. The molecule has 0 aromatic heterocycles. The standard InChI is InChI=1S/C17H24BrN3O2/c1-11(2)17(4,10-19)21-16(22)9-20-12(3)13-6-7-15(23-5)14(18)8-13/h6-8,11-12,20H,9H2,1-5H3,(H,21,22)/t12-,17-/m1/s1. The Bertz CT molecular complexity index is 598. The second kappa shape index (κ2) is 8.32. The highest BCUT2D eigenvalue weighted by Crippen LogP contribution is 2.27. The quantitative estimate of drug-likeness (QED) is 0.760. The van der Waals surface area contributed by atoms with E-state index in [1.807, 2.05) is 39.0 Å². The van der Waals surface area contributed by atoms with E-state index < -0.39 is 5.54 Å². The Balaban J connectivity index is 2.62. The Morgan fingerprint density at radius 2 is 2.09 bits per heavy atom. The van der Waals surface area contributed by atoms with Crippen LogP contribution in [0.1, 0.15) is 39.3 Å². The lowest BCUT2D eigenvalue weighted by Gasteiger charge is -2.27. The first kappa shape index (κ1) is 19.5. The van der Waals surface area contributed by atoms with Gasteiger partial charge in [0.1, 0.15) is 11.3 Å². The normalized spacial score (nSPS) is 14.7. The van der Waals surface area contributed by atoms with Gasteiger partial charge in [-0.1, -0.05) is 19.9 Å². The van der Waals surface area contributed by atoms with E-state index in [2.05, 4.69) is 32.6 Å². The summed E-state index contributed by atoms with van der Waals surface area (Å²) in [5.74, 6) is 0.606. The van der Waals surface area contributed by atoms with Crippen LogP contribution in [0.5, 0.6) is 5.75 Å². The number of halogens is 1. The number of benzene rings is 1. The van der Waals surface area contributed by atoms with E-state index in [4.69, 9.17) is 4.74 Å². The van der Waals surface area contributed by atoms with Crippen molar-refractivity contribution in [1.29, 1.82) is 5.26 Å². The zero-order valence-corrected chi connectivity index (χ0v) is 15.8. The first-order valence-electron chi connectivity index (χ1n) is 7.52. The van der Waals surface area contributed by atoms with E-state index in [9.17, 15) is 10.1 Å². The molecule has 0 aliphatic heterocycles. The Labute approximate surface area is 146 Å². The molecule has 6 heteroatoms. The highest BCUT2D eigenvalue weighted by Gasteiger charge is 2.29. The number of ether oxygens (including phenoxy) is 1. The smallest absolute Gasteiger partial charge is 0.235 e. The third kappa shape index (κ3) is 5.22. The molecule has 1 aromatic rings. The Morgan fingerprint density at radius 3 is 2.57 bits per heavy atom. The summed E-state index contributed by atoms with van der Waals surface area (Å²) in [5, 5.41) is 15.2. The summed E-state index contributed by atoms with van der Waals surface area (Å²) in [6.45, 7) is 7.69. The molecule has 0 fully saturated rings. The van der Waals surface area contributed by atoms with Crippen molar-refractivity contribution in [1.82, 2.24) is 10.6 Å². The number of hydrogen-bond acceptors (Lipinski definition) is 4. The van der Waals surface area contributed by atoms with Crippen LogP contribution in [-0.4, -0.2) is 25.1 Å². The summed E-state index contributed by atoms with van der Waals surface area (Å²) in [4.78, 5) is 12.1. The topological polar surface area (TPSA) is 74.2 Å². The van der Waals surface area contributed by atoms with Gasteiger partial charge in [0.25, 0.3) is 0 Å². The molecule has 5 nitrogen and oxygen atoms in total. The van der Waals surface area contributed by atoms with Crippen molar-refractivity contribution in [3.8, 4) is 11.8 Å². The molecular formula is C17H24BrN3O2. The molecule has 23 heavy (non-hydrogen) atoms. The van der Waals surface area contributed by atoms with Crippen molar-refractivity contribution in [3.63, 3.8) is 0 Å². The molecular weight excluding hydrogens is 358 g/mol. The largest absolute Gasteiger partial charge is 0.496 e. The first-order valence-corrected chi connectivity index (χ1v) is 8.32. The van der Waals surface area contributed by atoms with Crippen LogP contribution >= 0.6 is 15.9 Å². The molecule has 1 rings (SSSR count). The maximum absolute atomic E-state index is 12.1. The van der Waals surface area contributed by atoms with Crippen LogP contribution in [0.25, 0.3) is 0 Å². The van der Waals surface area contributed by atoms with Crippen LogP contribution in [0.4, 0.5) is 0 Å². The third-order valence-corrected chi connectivity index (χ3v) is 4.65. The molecule has 0 unspecified atom stereocenters. The van der Waals surface area contributed by atoms with Gasteiger partial charge in [0, 0.05) is 6.04 Å². The van der Waals surface area contributed by atoms with Crippen molar-refractivity contribution >= 4 is 21.8 Å². The average molecular weight is 382 g/mol. The number of methoxy groups -OCH3 is 1. The maximum Gasteiger partial charge on any atom is 0.235 e. The van der Waals surface area contributed by atoms with Crippen LogP contribution in [0.15, 0.2) is 22.7 Å². The lowest BCUT2D eigenvalue weighted by Crippen LogP contribution is -2.51. The lowest BCUT2D eigenvalue weighted by molar-refractivity contribution is -0.122. The van der Waals surface area contributed by atoms with Crippen LogP contribution < -0.4 is 15.4 Å². The average Bonchev–Trinajstić information content (AvgIpc) is 2.52. The van der Waals surface area contributed by atoms with Gasteiger partial charge in [-0.15, -0.1) is 0 Å². The first-order chi connectivity index (χ1) is 10.7. The molecule has 0 radical (unpaired) electrons. The van der Waals surface area contributed by atoms with Crippen molar-refractivity contribution in [3.05, 3.63) is 28.2 Å². The molecule has 1 aromatic carbocycles. The highest BCUT2D eigenvalue weighted by atomic mass is 79.9. The van der Waals surface area contributed by atoms with Crippen LogP contribution in [-0.2, 0) is 4.79 Å². The molecule has 2 atom stereocenters. The fourth-order valence-electron chi connectivity index (χ4n) is 1.95. The zero-order chi connectivity index (χ0) is 17.6.